The first-order valence-electron chi connectivity index (χ1n) is 6.10. The number of anilines is 1. The molecule has 7 heteroatoms. The summed E-state index contributed by atoms with van der Waals surface area (Å²) in [6.07, 6.45) is -5.52. The molecule has 0 aromatic heterocycles. The van der Waals surface area contributed by atoms with Crippen molar-refractivity contribution in [3.63, 3.8) is 0 Å². The molecule has 1 rings (SSSR count). The van der Waals surface area contributed by atoms with Crippen molar-refractivity contribution >= 4 is 11.7 Å². The maximum atomic E-state index is 11.9. The van der Waals surface area contributed by atoms with Gasteiger partial charge in [0.15, 0.2) is 5.75 Å². The van der Waals surface area contributed by atoms with Gasteiger partial charge in [-0.15, -0.1) is 0 Å². The normalized spacial score (nSPS) is 11.2. The highest BCUT2D eigenvalue weighted by atomic mass is 19.4. The zero-order valence-corrected chi connectivity index (χ0v) is 11.0. The van der Waals surface area contributed by atoms with E-state index >= 15 is 0 Å². The van der Waals surface area contributed by atoms with Gasteiger partial charge in [-0.25, -0.2) is 4.79 Å². The highest BCUT2D eigenvalue weighted by Crippen LogP contribution is 2.27. The number of carbonyl (C=O) groups excluding carboxylic acids is 1. The number of alkyl halides is 3. The molecule has 0 bridgehead atoms. The second-order valence-corrected chi connectivity index (χ2v) is 4.01. The monoisotopic (exact) mass is 291 g/mol. The maximum absolute atomic E-state index is 11.9. The zero-order valence-electron chi connectivity index (χ0n) is 11.0. The SMILES string of the molecule is CCOc1c(N)cccc1C(=O)OCCCC(F)(F)F. The van der Waals surface area contributed by atoms with E-state index in [9.17, 15) is 18.0 Å². The van der Waals surface area contributed by atoms with Crippen molar-refractivity contribution < 1.29 is 27.4 Å². The van der Waals surface area contributed by atoms with Crippen LogP contribution in [0.5, 0.6) is 5.75 Å². The molecule has 1 aromatic rings. The number of ether oxygens (including phenoxy) is 2. The first-order chi connectivity index (χ1) is 9.35. The lowest BCUT2D eigenvalue weighted by molar-refractivity contribution is -0.137. The molecule has 0 aliphatic rings. The van der Waals surface area contributed by atoms with Crippen LogP contribution in [0, 0.1) is 0 Å². The van der Waals surface area contributed by atoms with Crippen LogP contribution in [0.2, 0.25) is 0 Å². The smallest absolute Gasteiger partial charge is 0.389 e. The van der Waals surface area contributed by atoms with Crippen LogP contribution in [0.15, 0.2) is 18.2 Å². The van der Waals surface area contributed by atoms with Crippen molar-refractivity contribution in [1.82, 2.24) is 0 Å². The largest absolute Gasteiger partial charge is 0.491 e. The van der Waals surface area contributed by atoms with Crippen molar-refractivity contribution in [2.75, 3.05) is 18.9 Å². The molecule has 0 heterocycles. The molecular formula is C13H16F3NO3. The molecule has 0 saturated carbocycles. The summed E-state index contributed by atoms with van der Waals surface area (Å²) in [6, 6.07) is 4.56. The molecule has 4 nitrogen and oxygen atoms in total. The summed E-state index contributed by atoms with van der Waals surface area (Å²) in [4.78, 5) is 11.8. The topological polar surface area (TPSA) is 61.5 Å². The van der Waals surface area contributed by atoms with E-state index < -0.39 is 18.6 Å². The van der Waals surface area contributed by atoms with Gasteiger partial charge in [-0.3, -0.25) is 0 Å². The Morgan fingerprint density at radius 2 is 2.05 bits per heavy atom. The van der Waals surface area contributed by atoms with E-state index in [0.717, 1.165) is 0 Å². The van der Waals surface area contributed by atoms with Crippen molar-refractivity contribution in [3.8, 4) is 5.75 Å². The minimum absolute atomic E-state index is 0.110. The van der Waals surface area contributed by atoms with Crippen LogP contribution in [0.1, 0.15) is 30.1 Å². The number of benzene rings is 1. The Bertz CT molecular complexity index is 461. The fourth-order valence-corrected chi connectivity index (χ4v) is 1.54. The maximum Gasteiger partial charge on any atom is 0.389 e. The number of rotatable bonds is 6. The third-order valence-corrected chi connectivity index (χ3v) is 2.39. The third-order valence-electron chi connectivity index (χ3n) is 2.39. The lowest BCUT2D eigenvalue weighted by atomic mass is 10.1. The van der Waals surface area contributed by atoms with Crippen LogP contribution in [0.3, 0.4) is 0 Å². The molecule has 0 saturated heterocycles. The van der Waals surface area contributed by atoms with Crippen LogP contribution in [-0.2, 0) is 4.74 Å². The summed E-state index contributed by atoms with van der Waals surface area (Å²) in [5, 5.41) is 0. The quantitative estimate of drug-likeness (QED) is 0.497. The number of hydrogen-bond donors (Lipinski definition) is 1. The van der Waals surface area contributed by atoms with Crippen LogP contribution >= 0.6 is 0 Å². The summed E-state index contributed by atoms with van der Waals surface area (Å²) >= 11 is 0. The Morgan fingerprint density at radius 3 is 2.65 bits per heavy atom. The number of nitrogen functional groups attached to an aromatic ring is 1. The summed E-state index contributed by atoms with van der Waals surface area (Å²) in [5.41, 5.74) is 6.06. The number of esters is 1. The van der Waals surface area contributed by atoms with Crippen LogP contribution in [0.4, 0.5) is 18.9 Å². The highest BCUT2D eigenvalue weighted by molar-refractivity contribution is 5.94. The molecule has 2 N–H and O–H groups in total. The van der Waals surface area contributed by atoms with E-state index in [2.05, 4.69) is 0 Å². The van der Waals surface area contributed by atoms with Gasteiger partial charge in [-0.05, 0) is 25.5 Å². The number of carbonyl (C=O) groups is 1. The van der Waals surface area contributed by atoms with Crippen LogP contribution in [-0.4, -0.2) is 25.4 Å². The second-order valence-electron chi connectivity index (χ2n) is 4.01. The Labute approximate surface area is 114 Å². The highest BCUT2D eigenvalue weighted by Gasteiger charge is 2.26. The van der Waals surface area contributed by atoms with Gasteiger partial charge < -0.3 is 15.2 Å². The van der Waals surface area contributed by atoms with Gasteiger partial charge in [0, 0.05) is 6.42 Å². The van der Waals surface area contributed by atoms with Gasteiger partial charge in [-0.2, -0.15) is 13.2 Å². The van der Waals surface area contributed by atoms with Gasteiger partial charge in [-0.1, -0.05) is 6.07 Å². The first kappa shape index (κ1) is 16.1. The van der Waals surface area contributed by atoms with Gasteiger partial charge in [0.05, 0.1) is 18.9 Å². The minimum atomic E-state index is -4.25. The Kier molecular flexibility index (Phi) is 5.66. The number of nitrogens with two attached hydrogens (primary N) is 1. The molecule has 0 aliphatic carbocycles. The predicted molar refractivity (Wildman–Crippen MR) is 67.6 cm³/mol. The molecule has 0 fully saturated rings. The van der Waals surface area contributed by atoms with Crippen LogP contribution < -0.4 is 10.5 Å². The molecule has 0 radical (unpaired) electrons. The van der Waals surface area contributed by atoms with Gasteiger partial charge >= 0.3 is 12.1 Å². The lowest BCUT2D eigenvalue weighted by Crippen LogP contribution is -2.13. The molecule has 112 valence electrons. The lowest BCUT2D eigenvalue weighted by Gasteiger charge is -2.12. The molecular weight excluding hydrogens is 275 g/mol. The second kappa shape index (κ2) is 7.02. The van der Waals surface area contributed by atoms with Gasteiger partial charge in [0.25, 0.3) is 0 Å². The standard InChI is InChI=1S/C13H16F3NO3/c1-2-19-11-9(5-3-6-10(11)17)12(18)20-8-4-7-13(14,15)16/h3,5-6H,2,4,7-8,17H2,1H3. The molecule has 0 aliphatic heterocycles. The van der Waals surface area contributed by atoms with Crippen molar-refractivity contribution in [3.05, 3.63) is 23.8 Å². The van der Waals surface area contributed by atoms with Gasteiger partial charge in [0.2, 0.25) is 0 Å². The Morgan fingerprint density at radius 1 is 1.35 bits per heavy atom. The number of para-hydroxylation sites is 1. The number of hydrogen-bond acceptors (Lipinski definition) is 4. The zero-order chi connectivity index (χ0) is 15.2. The van der Waals surface area contributed by atoms with E-state index in [1.54, 1.807) is 19.1 Å². The van der Waals surface area contributed by atoms with Crippen LogP contribution in [0.25, 0.3) is 0 Å². The fourth-order valence-electron chi connectivity index (χ4n) is 1.54. The van der Waals surface area contributed by atoms with Gasteiger partial charge in [0.1, 0.15) is 5.56 Å². The molecule has 0 unspecified atom stereocenters. The van der Waals surface area contributed by atoms with E-state index in [4.69, 9.17) is 15.2 Å². The summed E-state index contributed by atoms with van der Waals surface area (Å²) in [6.45, 7) is 1.73. The van der Waals surface area contributed by atoms with E-state index in [-0.39, 0.29) is 30.0 Å². The first-order valence-corrected chi connectivity index (χ1v) is 6.10. The molecule has 1 aromatic carbocycles. The molecule has 20 heavy (non-hydrogen) atoms. The number of halogens is 3. The van der Waals surface area contributed by atoms with Crippen molar-refractivity contribution in [2.24, 2.45) is 0 Å². The van der Waals surface area contributed by atoms with E-state index in [1.807, 2.05) is 0 Å². The third kappa shape index (κ3) is 4.99. The van der Waals surface area contributed by atoms with E-state index in [1.165, 1.54) is 6.07 Å². The fraction of sp³-hybridized carbons (Fsp3) is 0.462. The summed E-state index contributed by atoms with van der Waals surface area (Å²) in [5.74, 6) is -0.557. The Hall–Kier alpha value is -1.92. The van der Waals surface area contributed by atoms with Crippen molar-refractivity contribution in [2.45, 2.75) is 25.9 Å². The summed E-state index contributed by atoms with van der Waals surface area (Å²) < 4.78 is 45.9. The average molecular weight is 291 g/mol. The predicted octanol–water partition coefficient (Wildman–Crippen LogP) is 3.17. The molecule has 0 spiro atoms. The molecule has 0 atom stereocenters. The molecule has 0 amide bonds. The van der Waals surface area contributed by atoms with Crippen molar-refractivity contribution in [1.29, 1.82) is 0 Å². The average Bonchev–Trinajstić information content (AvgIpc) is 2.36. The Balaban J connectivity index is 2.61. The minimum Gasteiger partial charge on any atom is -0.491 e. The van der Waals surface area contributed by atoms with E-state index in [0.29, 0.717) is 6.61 Å². The summed E-state index contributed by atoms with van der Waals surface area (Å²) in [7, 11) is 0.